The summed E-state index contributed by atoms with van der Waals surface area (Å²) in [6.45, 7) is 10.9. The summed E-state index contributed by atoms with van der Waals surface area (Å²) < 4.78 is 55.2. The van der Waals surface area contributed by atoms with Crippen LogP contribution in [0.5, 0.6) is 23.0 Å². The third-order valence-electron chi connectivity index (χ3n) is 7.99. The van der Waals surface area contributed by atoms with Gasteiger partial charge in [0.2, 0.25) is 0 Å². The summed E-state index contributed by atoms with van der Waals surface area (Å²) in [4.78, 5) is 7.93. The largest absolute Gasteiger partial charge is 0.491 e. The Kier molecular flexibility index (Phi) is 17.9. The first-order chi connectivity index (χ1) is 27.2. The van der Waals surface area contributed by atoms with E-state index in [4.69, 9.17) is 42.6 Å². The Morgan fingerprint density at radius 2 is 0.636 bits per heavy atom. The third kappa shape index (κ3) is 12.6. The van der Waals surface area contributed by atoms with Crippen molar-refractivity contribution in [3.05, 3.63) is 72.8 Å². The minimum absolute atomic E-state index is 0.376. The molecule has 55 heavy (non-hydrogen) atoms. The SMILES string of the molecule is CCCOc1c2cccc1Sc1cccc3c1OCCOCCOCCOCCOCCOCCOc1c(cccc1Sc1cccc(c1OCCC)S3)S2. The molecule has 0 atom stereocenters. The molecule has 0 saturated carbocycles. The van der Waals surface area contributed by atoms with Gasteiger partial charge in [-0.15, -0.1) is 0 Å². The molecule has 9 nitrogen and oxygen atoms in total. The van der Waals surface area contributed by atoms with Crippen LogP contribution in [0.4, 0.5) is 0 Å². The molecule has 6 rings (SSSR count). The fourth-order valence-electron chi connectivity index (χ4n) is 5.46. The van der Waals surface area contributed by atoms with Crippen molar-refractivity contribution in [2.75, 3.05) is 92.5 Å². The number of ether oxygens (including phenoxy) is 9. The molecule has 0 spiro atoms. The lowest BCUT2D eigenvalue weighted by atomic mass is 10.3. The molecule has 10 bridgehead atoms. The van der Waals surface area contributed by atoms with Gasteiger partial charge in [0, 0.05) is 0 Å². The highest BCUT2D eigenvalue weighted by molar-refractivity contribution is 8.01. The van der Waals surface area contributed by atoms with Crippen molar-refractivity contribution in [1.29, 1.82) is 0 Å². The minimum atomic E-state index is 0.376. The summed E-state index contributed by atoms with van der Waals surface area (Å²) in [6, 6.07) is 25.2. The van der Waals surface area contributed by atoms with Crippen molar-refractivity contribution in [3.63, 3.8) is 0 Å². The highest BCUT2D eigenvalue weighted by Gasteiger charge is 2.23. The average molecular weight is 827 g/mol. The molecule has 13 heteroatoms. The zero-order valence-corrected chi connectivity index (χ0v) is 34.8. The lowest BCUT2D eigenvalue weighted by Gasteiger charge is -2.21. The zero-order valence-electron chi connectivity index (χ0n) is 31.5. The van der Waals surface area contributed by atoms with Crippen molar-refractivity contribution in [2.24, 2.45) is 0 Å². The Labute approximate surface area is 342 Å². The molecule has 2 heterocycles. The van der Waals surface area contributed by atoms with E-state index in [2.05, 4.69) is 86.6 Å². The van der Waals surface area contributed by atoms with E-state index in [0.717, 1.165) is 75.0 Å². The van der Waals surface area contributed by atoms with Crippen LogP contribution in [-0.2, 0) is 23.7 Å². The first kappa shape index (κ1) is 41.9. The lowest BCUT2D eigenvalue weighted by Crippen LogP contribution is -2.15. The van der Waals surface area contributed by atoms with Crippen LogP contribution >= 0.6 is 47.0 Å². The molecule has 0 unspecified atom stereocenters. The van der Waals surface area contributed by atoms with Crippen LogP contribution in [0.1, 0.15) is 26.7 Å². The average Bonchev–Trinajstić information content (AvgIpc) is 3.19. The predicted molar refractivity (Wildman–Crippen MR) is 219 cm³/mol. The van der Waals surface area contributed by atoms with E-state index in [1.54, 1.807) is 47.0 Å². The van der Waals surface area contributed by atoms with Gasteiger partial charge in [-0.05, 0) is 61.4 Å². The van der Waals surface area contributed by atoms with Gasteiger partial charge in [0.05, 0.1) is 118 Å². The lowest BCUT2D eigenvalue weighted by molar-refractivity contribution is -0.0143. The molecule has 0 fully saturated rings. The van der Waals surface area contributed by atoms with Gasteiger partial charge >= 0.3 is 0 Å². The Morgan fingerprint density at radius 1 is 0.382 bits per heavy atom. The second-order valence-corrected chi connectivity index (χ2v) is 16.5. The maximum absolute atomic E-state index is 6.63. The first-order valence-electron chi connectivity index (χ1n) is 18.9. The molecule has 0 N–H and O–H groups in total. The molecule has 0 radical (unpaired) electrons. The van der Waals surface area contributed by atoms with Gasteiger partial charge in [0.25, 0.3) is 0 Å². The van der Waals surface area contributed by atoms with Crippen LogP contribution in [0.15, 0.2) is 112 Å². The fourth-order valence-corrected chi connectivity index (χ4v) is 9.94. The number of para-hydroxylation sites is 4. The molecule has 2 aliphatic heterocycles. The van der Waals surface area contributed by atoms with E-state index in [-0.39, 0.29) is 0 Å². The van der Waals surface area contributed by atoms with Gasteiger partial charge in [-0.3, -0.25) is 0 Å². The maximum atomic E-state index is 6.63. The molecular weight excluding hydrogens is 777 g/mol. The van der Waals surface area contributed by atoms with Crippen LogP contribution in [0.25, 0.3) is 0 Å². The quantitative estimate of drug-likeness (QED) is 0.163. The van der Waals surface area contributed by atoms with Gasteiger partial charge < -0.3 is 42.6 Å². The molecule has 4 aromatic carbocycles. The molecule has 0 aliphatic carbocycles. The second kappa shape index (κ2) is 23.5. The summed E-state index contributed by atoms with van der Waals surface area (Å²) in [5.74, 6) is 3.26. The van der Waals surface area contributed by atoms with E-state index in [1.165, 1.54) is 0 Å². The second-order valence-electron chi connectivity index (χ2n) is 12.2. The van der Waals surface area contributed by atoms with Crippen LogP contribution < -0.4 is 18.9 Å². The summed E-state index contributed by atoms with van der Waals surface area (Å²) >= 11 is 6.57. The Morgan fingerprint density at radius 3 is 0.909 bits per heavy atom. The zero-order chi connectivity index (χ0) is 37.9. The van der Waals surface area contributed by atoms with Crippen molar-refractivity contribution >= 4 is 47.0 Å². The van der Waals surface area contributed by atoms with Crippen molar-refractivity contribution in [2.45, 2.75) is 65.9 Å². The summed E-state index contributed by atoms with van der Waals surface area (Å²) in [5, 5.41) is 0. The first-order valence-corrected chi connectivity index (χ1v) is 22.1. The molecule has 296 valence electrons. The molecule has 0 saturated heterocycles. The highest BCUT2D eigenvalue weighted by Crippen LogP contribution is 2.53. The smallest absolute Gasteiger partial charge is 0.147 e. The maximum Gasteiger partial charge on any atom is 0.147 e. The summed E-state index contributed by atoms with van der Waals surface area (Å²) in [5.41, 5.74) is 0. The molecule has 0 amide bonds. The van der Waals surface area contributed by atoms with Crippen LogP contribution in [-0.4, -0.2) is 92.5 Å². The van der Waals surface area contributed by atoms with Gasteiger partial charge in [-0.2, -0.15) is 0 Å². The number of hydrogen-bond donors (Lipinski definition) is 0. The number of benzene rings is 4. The van der Waals surface area contributed by atoms with Gasteiger partial charge in [-0.1, -0.05) is 85.2 Å². The van der Waals surface area contributed by atoms with E-state index < -0.39 is 0 Å². The van der Waals surface area contributed by atoms with E-state index in [9.17, 15) is 0 Å². The normalized spacial score (nSPS) is 16.7. The van der Waals surface area contributed by atoms with Gasteiger partial charge in [0.15, 0.2) is 0 Å². The van der Waals surface area contributed by atoms with E-state index in [1.807, 2.05) is 0 Å². The standard InChI is InChI=1S/C42H50O9S4/c1-3-17-48-39-31-9-5-10-32(39)53-36-14-8-16-38-42(36)51-30-28-47-26-24-45-22-20-43-19-21-44-23-25-46-27-29-50-41-35(52-31)13-7-15-37(41)54-33-11-6-12-34(55-38)40(33)49-18-4-2/h5-16H,3-4,17-30H2,1-2H3. The molecule has 0 aromatic heterocycles. The van der Waals surface area contributed by atoms with Gasteiger partial charge in [0.1, 0.15) is 36.2 Å². The summed E-state index contributed by atoms with van der Waals surface area (Å²) in [6.07, 6.45) is 1.77. The fraction of sp³-hybridized carbons (Fsp3) is 0.429. The minimum Gasteiger partial charge on any atom is -0.491 e. The number of hydrogen-bond acceptors (Lipinski definition) is 13. The van der Waals surface area contributed by atoms with Crippen LogP contribution in [0.2, 0.25) is 0 Å². The van der Waals surface area contributed by atoms with Crippen LogP contribution in [0.3, 0.4) is 0 Å². The highest BCUT2D eigenvalue weighted by atomic mass is 32.2. The van der Waals surface area contributed by atoms with Crippen molar-refractivity contribution in [1.82, 2.24) is 0 Å². The Hall–Kier alpha value is -2.72. The number of rotatable bonds is 6. The molecular formula is C42H50O9S4. The number of fused-ring (bicyclic) bond motifs is 2. The van der Waals surface area contributed by atoms with E-state index >= 15 is 0 Å². The van der Waals surface area contributed by atoms with E-state index in [0.29, 0.717) is 92.5 Å². The van der Waals surface area contributed by atoms with Gasteiger partial charge in [-0.25, -0.2) is 0 Å². The third-order valence-corrected chi connectivity index (χ3v) is 12.3. The van der Waals surface area contributed by atoms with Crippen LogP contribution in [0, 0.1) is 0 Å². The summed E-state index contributed by atoms with van der Waals surface area (Å²) in [7, 11) is 0. The van der Waals surface area contributed by atoms with Crippen molar-refractivity contribution in [3.8, 4) is 23.0 Å². The van der Waals surface area contributed by atoms with Crippen molar-refractivity contribution < 1.29 is 42.6 Å². The Balaban J connectivity index is 1.43. The molecule has 4 aromatic rings. The monoisotopic (exact) mass is 826 g/mol. The topological polar surface area (TPSA) is 83.1 Å². The predicted octanol–water partition coefficient (Wildman–Crippen LogP) is 10.0. The molecule has 2 aliphatic rings. The Bertz CT molecular complexity index is 1560.